The second-order valence-corrected chi connectivity index (χ2v) is 6.35. The predicted octanol–water partition coefficient (Wildman–Crippen LogP) is 4.52. The summed E-state index contributed by atoms with van der Waals surface area (Å²) in [5.41, 5.74) is 1.26. The summed E-state index contributed by atoms with van der Waals surface area (Å²) < 4.78 is 1.17. The zero-order chi connectivity index (χ0) is 11.7. The Morgan fingerprint density at radius 1 is 1.12 bits per heavy atom. The lowest BCUT2D eigenvalue weighted by Gasteiger charge is -2.15. The van der Waals surface area contributed by atoms with Crippen LogP contribution in [0, 0.1) is 0 Å². The molecule has 3 rings (SSSR count). The van der Waals surface area contributed by atoms with Crippen LogP contribution in [-0.2, 0) is 0 Å². The highest BCUT2D eigenvalue weighted by molar-refractivity contribution is 9.10. The zero-order valence-electron chi connectivity index (χ0n) is 9.45. The minimum absolute atomic E-state index is 0.629. The van der Waals surface area contributed by atoms with Gasteiger partial charge in [0.05, 0.1) is 0 Å². The van der Waals surface area contributed by atoms with Gasteiger partial charge in [-0.1, -0.05) is 40.2 Å². The topological polar surface area (TPSA) is 12.0 Å². The van der Waals surface area contributed by atoms with Crippen molar-refractivity contribution >= 4 is 44.2 Å². The van der Waals surface area contributed by atoms with Crippen LogP contribution in [0.3, 0.4) is 0 Å². The monoisotopic (exact) mass is 307 g/mol. The minimum Gasteiger partial charge on any atom is -0.381 e. The summed E-state index contributed by atoms with van der Waals surface area (Å²) in [5, 5.41) is 6.25. The van der Waals surface area contributed by atoms with Crippen molar-refractivity contribution < 1.29 is 0 Å². The largest absolute Gasteiger partial charge is 0.381 e. The van der Waals surface area contributed by atoms with Gasteiger partial charge in [0.15, 0.2) is 0 Å². The summed E-state index contributed by atoms with van der Waals surface area (Å²) in [4.78, 5) is 0. The Morgan fingerprint density at radius 3 is 2.71 bits per heavy atom. The SMILES string of the molecule is Brc1ccc(NC2CCSC2)c2ccccc12. The van der Waals surface area contributed by atoms with E-state index < -0.39 is 0 Å². The van der Waals surface area contributed by atoms with Gasteiger partial charge in [0, 0.05) is 27.3 Å². The summed E-state index contributed by atoms with van der Waals surface area (Å²) in [5.74, 6) is 2.51. The summed E-state index contributed by atoms with van der Waals surface area (Å²) in [7, 11) is 0. The lowest BCUT2D eigenvalue weighted by Crippen LogP contribution is -2.18. The molecule has 0 amide bonds. The van der Waals surface area contributed by atoms with Gasteiger partial charge < -0.3 is 5.32 Å². The summed E-state index contributed by atoms with van der Waals surface area (Å²) in [6.07, 6.45) is 1.27. The first-order valence-electron chi connectivity index (χ1n) is 5.86. The molecule has 0 aliphatic carbocycles. The smallest absolute Gasteiger partial charge is 0.0423 e. The molecular formula is C14H14BrNS. The second-order valence-electron chi connectivity index (χ2n) is 4.35. The minimum atomic E-state index is 0.629. The van der Waals surface area contributed by atoms with Crippen LogP contribution in [0.25, 0.3) is 10.8 Å². The van der Waals surface area contributed by atoms with E-state index in [1.54, 1.807) is 0 Å². The normalized spacial score (nSPS) is 19.7. The first-order chi connectivity index (χ1) is 8.34. The van der Waals surface area contributed by atoms with Crippen molar-refractivity contribution in [2.24, 2.45) is 0 Å². The average Bonchev–Trinajstić information content (AvgIpc) is 2.86. The molecule has 0 radical (unpaired) electrons. The summed E-state index contributed by atoms with van der Waals surface area (Å²) >= 11 is 5.65. The first kappa shape index (κ1) is 11.4. The fraction of sp³-hybridized carbons (Fsp3) is 0.286. The summed E-state index contributed by atoms with van der Waals surface area (Å²) in [6.45, 7) is 0. The highest BCUT2D eigenvalue weighted by Crippen LogP contribution is 2.31. The third kappa shape index (κ3) is 2.31. The van der Waals surface area contributed by atoms with E-state index >= 15 is 0 Å². The van der Waals surface area contributed by atoms with E-state index in [1.165, 1.54) is 38.9 Å². The van der Waals surface area contributed by atoms with Gasteiger partial charge in [0.1, 0.15) is 0 Å². The fourth-order valence-corrected chi connectivity index (χ4v) is 3.89. The van der Waals surface area contributed by atoms with Crippen molar-refractivity contribution in [3.05, 3.63) is 40.9 Å². The van der Waals surface area contributed by atoms with Gasteiger partial charge in [-0.3, -0.25) is 0 Å². The Bertz CT molecular complexity index is 535. The maximum absolute atomic E-state index is 3.67. The maximum Gasteiger partial charge on any atom is 0.0423 e. The molecule has 1 heterocycles. The highest BCUT2D eigenvalue weighted by atomic mass is 79.9. The number of hydrogen-bond acceptors (Lipinski definition) is 2. The third-order valence-corrected chi connectivity index (χ3v) is 5.01. The highest BCUT2D eigenvalue weighted by Gasteiger charge is 2.16. The maximum atomic E-state index is 3.67. The Balaban J connectivity index is 2.01. The van der Waals surface area contributed by atoms with Crippen molar-refractivity contribution in [1.29, 1.82) is 0 Å². The van der Waals surface area contributed by atoms with E-state index in [-0.39, 0.29) is 0 Å². The van der Waals surface area contributed by atoms with E-state index in [0.717, 1.165) is 0 Å². The number of thioether (sulfide) groups is 1. The quantitative estimate of drug-likeness (QED) is 0.875. The van der Waals surface area contributed by atoms with Crippen LogP contribution in [0.2, 0.25) is 0 Å². The standard InChI is InChI=1S/C14H14BrNS/c15-13-5-6-14(16-10-7-8-17-9-10)12-4-2-1-3-11(12)13/h1-6,10,16H,7-9H2. The zero-order valence-corrected chi connectivity index (χ0v) is 11.9. The van der Waals surface area contributed by atoms with Gasteiger partial charge in [-0.05, 0) is 29.7 Å². The molecule has 0 aromatic heterocycles. The summed E-state index contributed by atoms with van der Waals surface area (Å²) in [6, 6.07) is 13.5. The molecule has 1 fully saturated rings. The van der Waals surface area contributed by atoms with Gasteiger partial charge in [-0.2, -0.15) is 11.8 Å². The third-order valence-electron chi connectivity index (χ3n) is 3.16. The molecular weight excluding hydrogens is 294 g/mol. The molecule has 1 unspecified atom stereocenters. The van der Waals surface area contributed by atoms with Gasteiger partial charge in [0.25, 0.3) is 0 Å². The lowest BCUT2D eigenvalue weighted by atomic mass is 10.1. The number of halogens is 1. The second kappa shape index (κ2) is 4.91. The van der Waals surface area contributed by atoms with Crippen LogP contribution in [0.15, 0.2) is 40.9 Å². The molecule has 2 aromatic rings. The molecule has 17 heavy (non-hydrogen) atoms. The molecule has 1 aliphatic heterocycles. The molecule has 1 saturated heterocycles. The molecule has 88 valence electrons. The number of anilines is 1. The van der Waals surface area contributed by atoms with Crippen LogP contribution in [0.5, 0.6) is 0 Å². The molecule has 1 nitrogen and oxygen atoms in total. The van der Waals surface area contributed by atoms with Crippen molar-refractivity contribution in [2.75, 3.05) is 16.8 Å². The van der Waals surface area contributed by atoms with Gasteiger partial charge in [0.2, 0.25) is 0 Å². The van der Waals surface area contributed by atoms with E-state index in [0.29, 0.717) is 6.04 Å². The molecule has 0 saturated carbocycles. The molecule has 1 N–H and O–H groups in total. The van der Waals surface area contributed by atoms with Crippen molar-refractivity contribution in [1.82, 2.24) is 0 Å². The molecule has 1 atom stereocenters. The van der Waals surface area contributed by atoms with E-state index in [2.05, 4.69) is 57.6 Å². The van der Waals surface area contributed by atoms with Gasteiger partial charge in [-0.15, -0.1) is 0 Å². The number of benzene rings is 2. The molecule has 2 aromatic carbocycles. The predicted molar refractivity (Wildman–Crippen MR) is 81.0 cm³/mol. The van der Waals surface area contributed by atoms with Crippen LogP contribution in [-0.4, -0.2) is 17.5 Å². The van der Waals surface area contributed by atoms with E-state index in [4.69, 9.17) is 0 Å². The molecule has 1 aliphatic rings. The van der Waals surface area contributed by atoms with Gasteiger partial charge >= 0.3 is 0 Å². The number of rotatable bonds is 2. The van der Waals surface area contributed by atoms with Crippen molar-refractivity contribution in [2.45, 2.75) is 12.5 Å². The van der Waals surface area contributed by atoms with Crippen molar-refractivity contribution in [3.63, 3.8) is 0 Å². The number of hydrogen-bond donors (Lipinski definition) is 1. The Morgan fingerprint density at radius 2 is 1.94 bits per heavy atom. The molecule has 0 bridgehead atoms. The van der Waals surface area contributed by atoms with Crippen LogP contribution >= 0.6 is 27.7 Å². The van der Waals surface area contributed by atoms with Crippen LogP contribution in [0.1, 0.15) is 6.42 Å². The number of nitrogens with one attached hydrogen (secondary N) is 1. The van der Waals surface area contributed by atoms with Gasteiger partial charge in [-0.25, -0.2) is 0 Å². The lowest BCUT2D eigenvalue weighted by molar-refractivity contribution is 0.814. The Kier molecular flexibility index (Phi) is 3.30. The average molecular weight is 308 g/mol. The van der Waals surface area contributed by atoms with E-state index in [1.807, 2.05) is 11.8 Å². The first-order valence-corrected chi connectivity index (χ1v) is 7.81. The van der Waals surface area contributed by atoms with Crippen LogP contribution in [0.4, 0.5) is 5.69 Å². The van der Waals surface area contributed by atoms with Crippen LogP contribution < -0.4 is 5.32 Å². The molecule has 0 spiro atoms. The van der Waals surface area contributed by atoms with Crippen molar-refractivity contribution in [3.8, 4) is 0 Å². The molecule has 3 heteroatoms. The Labute approximate surface area is 114 Å². The van der Waals surface area contributed by atoms with E-state index in [9.17, 15) is 0 Å². The number of fused-ring (bicyclic) bond motifs is 1. The fourth-order valence-electron chi connectivity index (χ4n) is 2.26. The Hall–Kier alpha value is -0.670.